The number of benzene rings is 1. The fourth-order valence-electron chi connectivity index (χ4n) is 1.58. The van der Waals surface area contributed by atoms with Crippen molar-refractivity contribution in [3.63, 3.8) is 0 Å². The first-order chi connectivity index (χ1) is 9.34. The maximum Gasteiger partial charge on any atom is 0.416 e. The Morgan fingerprint density at radius 3 is 2.45 bits per heavy atom. The maximum absolute atomic E-state index is 12.4. The van der Waals surface area contributed by atoms with Crippen LogP contribution in [0.25, 0.3) is 0 Å². The topological polar surface area (TPSA) is 64.3 Å². The van der Waals surface area contributed by atoms with Crippen LogP contribution in [0.4, 0.5) is 13.2 Å². The van der Waals surface area contributed by atoms with Crippen LogP contribution in [0, 0.1) is 0 Å². The summed E-state index contributed by atoms with van der Waals surface area (Å²) in [6.45, 7) is 2.16. The van der Waals surface area contributed by atoms with Crippen LogP contribution in [0.15, 0.2) is 24.3 Å². The summed E-state index contributed by atoms with van der Waals surface area (Å²) in [7, 11) is 0. The Balaban J connectivity index is 2.55. The van der Waals surface area contributed by atoms with E-state index in [0.29, 0.717) is 12.1 Å². The zero-order valence-electron chi connectivity index (χ0n) is 11.0. The van der Waals surface area contributed by atoms with E-state index in [-0.39, 0.29) is 19.1 Å². The van der Waals surface area contributed by atoms with E-state index in [0.717, 1.165) is 12.1 Å². The molecule has 0 spiro atoms. The number of nitrogens with one attached hydrogen (secondary N) is 1. The molecule has 1 unspecified atom stereocenters. The van der Waals surface area contributed by atoms with E-state index >= 15 is 0 Å². The highest BCUT2D eigenvalue weighted by molar-refractivity contribution is 5.77. The minimum atomic E-state index is -4.36. The van der Waals surface area contributed by atoms with Gasteiger partial charge in [0.15, 0.2) is 0 Å². The first kappa shape index (κ1) is 16.5. The van der Waals surface area contributed by atoms with Crippen LogP contribution in [0.1, 0.15) is 24.1 Å². The zero-order valence-corrected chi connectivity index (χ0v) is 11.0. The van der Waals surface area contributed by atoms with E-state index in [4.69, 9.17) is 10.5 Å². The summed E-state index contributed by atoms with van der Waals surface area (Å²) in [5.74, 6) is -0.342. The molecule has 1 rings (SSSR count). The van der Waals surface area contributed by atoms with Gasteiger partial charge in [-0.25, -0.2) is 0 Å². The number of carbonyl (C=O) groups is 1. The number of nitrogens with two attached hydrogens (primary N) is 1. The third-order valence-corrected chi connectivity index (χ3v) is 2.61. The molecular formula is C13H17F3N2O2. The molecule has 4 nitrogen and oxygen atoms in total. The molecular weight excluding hydrogens is 273 g/mol. The van der Waals surface area contributed by atoms with E-state index in [1.165, 1.54) is 12.1 Å². The summed E-state index contributed by atoms with van der Waals surface area (Å²) in [6, 6.07) is 4.26. The maximum atomic E-state index is 12.4. The van der Waals surface area contributed by atoms with Crippen LogP contribution in [-0.4, -0.2) is 25.7 Å². The van der Waals surface area contributed by atoms with Gasteiger partial charge in [-0.15, -0.1) is 0 Å². The van der Waals surface area contributed by atoms with Gasteiger partial charge < -0.3 is 15.8 Å². The number of rotatable bonds is 6. The molecule has 1 amide bonds. The fourth-order valence-corrected chi connectivity index (χ4v) is 1.58. The van der Waals surface area contributed by atoms with E-state index in [9.17, 15) is 18.0 Å². The lowest BCUT2D eigenvalue weighted by Crippen LogP contribution is -2.30. The van der Waals surface area contributed by atoms with Gasteiger partial charge in [-0.05, 0) is 24.6 Å². The van der Waals surface area contributed by atoms with Gasteiger partial charge in [-0.1, -0.05) is 12.1 Å². The Kier molecular flexibility index (Phi) is 5.97. The zero-order chi connectivity index (χ0) is 15.2. The lowest BCUT2D eigenvalue weighted by Gasteiger charge is -2.15. The summed E-state index contributed by atoms with van der Waals surface area (Å²) in [5, 5.41) is 2.63. The van der Waals surface area contributed by atoms with Crippen molar-refractivity contribution in [2.75, 3.05) is 19.8 Å². The minimum Gasteiger partial charge on any atom is -0.370 e. The number of amides is 1. The van der Waals surface area contributed by atoms with Crippen LogP contribution in [0.3, 0.4) is 0 Å². The molecule has 1 aromatic rings. The second kappa shape index (κ2) is 7.25. The van der Waals surface area contributed by atoms with Crippen molar-refractivity contribution in [3.8, 4) is 0 Å². The largest absolute Gasteiger partial charge is 0.416 e. The van der Waals surface area contributed by atoms with Gasteiger partial charge in [0.1, 0.15) is 6.61 Å². The molecule has 0 saturated heterocycles. The molecule has 3 N–H and O–H groups in total. The van der Waals surface area contributed by atoms with Crippen molar-refractivity contribution in [2.45, 2.75) is 19.1 Å². The van der Waals surface area contributed by atoms with Crippen LogP contribution in [0.2, 0.25) is 0 Å². The molecule has 0 bridgehead atoms. The molecule has 112 valence electrons. The van der Waals surface area contributed by atoms with Crippen LogP contribution < -0.4 is 11.1 Å². The molecule has 0 aliphatic carbocycles. The highest BCUT2D eigenvalue weighted by Crippen LogP contribution is 2.29. The van der Waals surface area contributed by atoms with Gasteiger partial charge >= 0.3 is 6.18 Å². The number of hydrogen-bond donors (Lipinski definition) is 2. The molecule has 0 saturated carbocycles. The Hall–Kier alpha value is -1.60. The lowest BCUT2D eigenvalue weighted by molar-refractivity contribution is -0.137. The molecule has 7 heteroatoms. The van der Waals surface area contributed by atoms with Gasteiger partial charge in [0.25, 0.3) is 0 Å². The summed E-state index contributed by atoms with van der Waals surface area (Å²) < 4.78 is 42.2. The number of ether oxygens (including phenoxy) is 1. The summed E-state index contributed by atoms with van der Waals surface area (Å²) in [6.07, 6.45) is -4.36. The lowest BCUT2D eigenvalue weighted by atomic mass is 10.1. The minimum absolute atomic E-state index is 0.123. The fraction of sp³-hybridized carbons (Fsp3) is 0.462. The Morgan fingerprint density at radius 1 is 1.35 bits per heavy atom. The van der Waals surface area contributed by atoms with Crippen molar-refractivity contribution in [1.82, 2.24) is 5.32 Å². The average molecular weight is 290 g/mol. The van der Waals surface area contributed by atoms with Gasteiger partial charge in [0.05, 0.1) is 18.2 Å². The predicted octanol–water partition coefficient (Wildman–Crippen LogP) is 1.86. The summed E-state index contributed by atoms with van der Waals surface area (Å²) >= 11 is 0. The normalized spacial score (nSPS) is 13.1. The standard InChI is InChI=1S/C13H17F3N2O2/c1-9(18-12(19)8-20-7-6-17)10-2-4-11(5-3-10)13(14,15)16/h2-5,9H,6-8,17H2,1H3,(H,18,19). The first-order valence-electron chi connectivity index (χ1n) is 6.09. The van der Waals surface area contributed by atoms with E-state index in [1.54, 1.807) is 6.92 Å². The highest BCUT2D eigenvalue weighted by atomic mass is 19.4. The van der Waals surface area contributed by atoms with Gasteiger partial charge in [-0.3, -0.25) is 4.79 Å². The number of hydrogen-bond acceptors (Lipinski definition) is 3. The number of carbonyl (C=O) groups excluding carboxylic acids is 1. The Morgan fingerprint density at radius 2 is 1.95 bits per heavy atom. The predicted molar refractivity (Wildman–Crippen MR) is 67.9 cm³/mol. The molecule has 0 radical (unpaired) electrons. The first-order valence-corrected chi connectivity index (χ1v) is 6.09. The molecule has 0 heterocycles. The second-order valence-electron chi connectivity index (χ2n) is 4.25. The molecule has 0 aliphatic rings. The van der Waals surface area contributed by atoms with E-state index in [1.807, 2.05) is 0 Å². The van der Waals surface area contributed by atoms with Gasteiger partial charge in [0.2, 0.25) is 5.91 Å². The third-order valence-electron chi connectivity index (χ3n) is 2.61. The molecule has 1 aromatic carbocycles. The van der Waals surface area contributed by atoms with Crippen molar-refractivity contribution >= 4 is 5.91 Å². The van der Waals surface area contributed by atoms with Crippen molar-refractivity contribution < 1.29 is 22.7 Å². The number of alkyl halides is 3. The monoisotopic (exact) mass is 290 g/mol. The number of halogens is 3. The van der Waals surface area contributed by atoms with E-state index < -0.39 is 17.8 Å². The second-order valence-corrected chi connectivity index (χ2v) is 4.25. The Labute approximate surface area is 115 Å². The van der Waals surface area contributed by atoms with Crippen molar-refractivity contribution in [2.24, 2.45) is 5.73 Å². The van der Waals surface area contributed by atoms with Crippen LogP contribution in [0.5, 0.6) is 0 Å². The molecule has 0 aliphatic heterocycles. The van der Waals surface area contributed by atoms with Crippen molar-refractivity contribution in [1.29, 1.82) is 0 Å². The third kappa shape index (κ3) is 5.18. The quantitative estimate of drug-likeness (QED) is 0.786. The summed E-state index contributed by atoms with van der Waals surface area (Å²) in [5.41, 5.74) is 5.08. The molecule has 1 atom stereocenters. The summed E-state index contributed by atoms with van der Waals surface area (Å²) in [4.78, 5) is 11.5. The van der Waals surface area contributed by atoms with Crippen molar-refractivity contribution in [3.05, 3.63) is 35.4 Å². The average Bonchev–Trinajstić information content (AvgIpc) is 2.38. The smallest absolute Gasteiger partial charge is 0.370 e. The molecule has 20 heavy (non-hydrogen) atoms. The van der Waals surface area contributed by atoms with Crippen LogP contribution >= 0.6 is 0 Å². The van der Waals surface area contributed by atoms with Crippen LogP contribution in [-0.2, 0) is 15.7 Å². The van der Waals surface area contributed by atoms with E-state index in [2.05, 4.69) is 5.32 Å². The highest BCUT2D eigenvalue weighted by Gasteiger charge is 2.30. The molecule has 0 fully saturated rings. The van der Waals surface area contributed by atoms with Gasteiger partial charge in [0, 0.05) is 6.54 Å². The Bertz CT molecular complexity index is 432. The van der Waals surface area contributed by atoms with Gasteiger partial charge in [-0.2, -0.15) is 13.2 Å². The SMILES string of the molecule is CC(NC(=O)COCCN)c1ccc(C(F)(F)F)cc1. The molecule has 0 aromatic heterocycles.